The van der Waals surface area contributed by atoms with Crippen LogP contribution in [0.25, 0.3) is 10.9 Å². The molecule has 5 nitrogen and oxygen atoms in total. The number of rotatable bonds is 4. The summed E-state index contributed by atoms with van der Waals surface area (Å²) in [6.07, 6.45) is 4.58. The number of para-hydroxylation sites is 1. The van der Waals surface area contributed by atoms with E-state index in [2.05, 4.69) is 10.3 Å². The fourth-order valence-corrected chi connectivity index (χ4v) is 3.10. The van der Waals surface area contributed by atoms with Crippen molar-refractivity contribution in [1.29, 1.82) is 0 Å². The first-order chi connectivity index (χ1) is 11.2. The Hall–Kier alpha value is -2.43. The van der Waals surface area contributed by atoms with Gasteiger partial charge < -0.3 is 10.2 Å². The van der Waals surface area contributed by atoms with Crippen molar-refractivity contribution in [3.05, 3.63) is 42.1 Å². The van der Waals surface area contributed by atoms with Crippen molar-refractivity contribution >= 4 is 22.7 Å². The zero-order valence-electron chi connectivity index (χ0n) is 13.3. The molecule has 3 rings (SSSR count). The molecule has 1 aliphatic heterocycles. The molecule has 2 heterocycles. The molecule has 1 atom stereocenters. The first kappa shape index (κ1) is 15.5. The summed E-state index contributed by atoms with van der Waals surface area (Å²) in [5.74, 6) is -0.0107. The Labute approximate surface area is 135 Å². The van der Waals surface area contributed by atoms with Crippen molar-refractivity contribution in [1.82, 2.24) is 15.2 Å². The first-order valence-corrected chi connectivity index (χ1v) is 8.03. The molecule has 0 bridgehead atoms. The predicted octanol–water partition coefficient (Wildman–Crippen LogP) is 1.90. The first-order valence-electron chi connectivity index (χ1n) is 8.03. The number of amides is 2. The molecule has 1 aromatic carbocycles. The summed E-state index contributed by atoms with van der Waals surface area (Å²) < 4.78 is 0. The van der Waals surface area contributed by atoms with E-state index in [0.717, 1.165) is 35.7 Å². The molecule has 0 radical (unpaired) electrons. The van der Waals surface area contributed by atoms with Gasteiger partial charge in [-0.1, -0.05) is 24.3 Å². The van der Waals surface area contributed by atoms with Gasteiger partial charge in [0.05, 0.1) is 5.52 Å². The average Bonchev–Trinajstić information content (AvgIpc) is 2.57. The lowest BCUT2D eigenvalue weighted by Crippen LogP contribution is -2.50. The maximum absolute atomic E-state index is 12.3. The minimum atomic E-state index is -0.332. The number of benzene rings is 1. The number of nitrogens with one attached hydrogen (secondary N) is 1. The van der Waals surface area contributed by atoms with Crippen LogP contribution in [-0.2, 0) is 16.0 Å². The van der Waals surface area contributed by atoms with Gasteiger partial charge in [-0.2, -0.15) is 0 Å². The van der Waals surface area contributed by atoms with Crippen LogP contribution in [0.5, 0.6) is 0 Å². The summed E-state index contributed by atoms with van der Waals surface area (Å²) in [7, 11) is 1.71. The van der Waals surface area contributed by atoms with E-state index in [9.17, 15) is 9.59 Å². The van der Waals surface area contributed by atoms with Crippen LogP contribution in [0.15, 0.2) is 36.5 Å². The molecule has 1 N–H and O–H groups in total. The lowest BCUT2D eigenvalue weighted by Gasteiger charge is -2.31. The number of piperidine rings is 1. The van der Waals surface area contributed by atoms with Crippen molar-refractivity contribution in [3.63, 3.8) is 0 Å². The van der Waals surface area contributed by atoms with Gasteiger partial charge in [0, 0.05) is 31.6 Å². The maximum Gasteiger partial charge on any atom is 0.242 e. The molecule has 0 aliphatic carbocycles. The van der Waals surface area contributed by atoms with E-state index in [1.165, 1.54) is 0 Å². The summed E-state index contributed by atoms with van der Waals surface area (Å²) in [5, 5.41) is 4.06. The van der Waals surface area contributed by atoms with Crippen LogP contribution in [0.1, 0.15) is 24.8 Å². The van der Waals surface area contributed by atoms with Crippen molar-refractivity contribution < 1.29 is 9.59 Å². The minimum absolute atomic E-state index is 0.0506. The lowest BCUT2D eigenvalue weighted by molar-refractivity contribution is -0.141. The Bertz CT molecular complexity index is 724. The highest BCUT2D eigenvalue weighted by atomic mass is 16.2. The molecule has 0 spiro atoms. The Balaban J connectivity index is 1.60. The average molecular weight is 311 g/mol. The molecule has 1 aliphatic rings. The molecule has 0 saturated carbocycles. The zero-order chi connectivity index (χ0) is 16.2. The topological polar surface area (TPSA) is 62.3 Å². The molecule has 2 amide bonds. The van der Waals surface area contributed by atoms with Gasteiger partial charge in [0.15, 0.2) is 0 Å². The van der Waals surface area contributed by atoms with Gasteiger partial charge >= 0.3 is 0 Å². The molecule has 1 unspecified atom stereocenters. The van der Waals surface area contributed by atoms with Crippen LogP contribution in [-0.4, -0.2) is 41.3 Å². The van der Waals surface area contributed by atoms with E-state index in [0.29, 0.717) is 13.0 Å². The summed E-state index contributed by atoms with van der Waals surface area (Å²) >= 11 is 0. The largest absolute Gasteiger partial charge is 0.354 e. The second kappa shape index (κ2) is 6.77. The van der Waals surface area contributed by atoms with Crippen LogP contribution in [0.3, 0.4) is 0 Å². The Morgan fingerprint density at radius 1 is 1.35 bits per heavy atom. The molecular weight excluding hydrogens is 290 g/mol. The molecule has 120 valence electrons. The van der Waals surface area contributed by atoms with Crippen LogP contribution in [0.4, 0.5) is 0 Å². The van der Waals surface area contributed by atoms with E-state index in [-0.39, 0.29) is 17.9 Å². The standard InChI is InChI=1S/C18H21N3O2/c1-21-15(8-3-9-16(21)22)18(23)20-12-10-14-6-2-5-13-7-4-11-19-17(13)14/h2,4-7,11,15H,3,8-10,12H2,1H3,(H,20,23). The molecule has 1 aromatic heterocycles. The number of likely N-dealkylation sites (N-methyl/N-ethyl adjacent to an activating group) is 1. The number of aromatic nitrogens is 1. The highest BCUT2D eigenvalue weighted by molar-refractivity contribution is 5.88. The Kier molecular flexibility index (Phi) is 4.55. The fraction of sp³-hybridized carbons (Fsp3) is 0.389. The molecular formula is C18H21N3O2. The van der Waals surface area contributed by atoms with Crippen LogP contribution in [0.2, 0.25) is 0 Å². The smallest absolute Gasteiger partial charge is 0.242 e. The molecule has 1 saturated heterocycles. The monoisotopic (exact) mass is 311 g/mol. The number of fused-ring (bicyclic) bond motifs is 1. The highest BCUT2D eigenvalue weighted by Gasteiger charge is 2.29. The van der Waals surface area contributed by atoms with Gasteiger partial charge in [-0.25, -0.2) is 0 Å². The number of hydrogen-bond acceptors (Lipinski definition) is 3. The third-order valence-corrected chi connectivity index (χ3v) is 4.44. The van der Waals surface area contributed by atoms with Gasteiger partial charge in [-0.3, -0.25) is 14.6 Å². The van der Waals surface area contributed by atoms with E-state index in [4.69, 9.17) is 0 Å². The number of pyridine rings is 1. The zero-order valence-corrected chi connectivity index (χ0v) is 13.3. The van der Waals surface area contributed by atoms with Gasteiger partial charge in [-0.15, -0.1) is 0 Å². The molecule has 5 heteroatoms. The van der Waals surface area contributed by atoms with Crippen LogP contribution < -0.4 is 5.32 Å². The van der Waals surface area contributed by atoms with E-state index >= 15 is 0 Å². The number of likely N-dealkylation sites (tertiary alicyclic amines) is 1. The van der Waals surface area contributed by atoms with Crippen LogP contribution >= 0.6 is 0 Å². The molecule has 23 heavy (non-hydrogen) atoms. The molecule has 1 fully saturated rings. The normalized spacial score (nSPS) is 18.2. The van der Waals surface area contributed by atoms with Crippen molar-refractivity contribution in [3.8, 4) is 0 Å². The third kappa shape index (κ3) is 3.33. The predicted molar refractivity (Wildman–Crippen MR) is 88.9 cm³/mol. The Morgan fingerprint density at radius 2 is 2.17 bits per heavy atom. The van der Waals surface area contributed by atoms with E-state index < -0.39 is 0 Å². The highest BCUT2D eigenvalue weighted by Crippen LogP contribution is 2.17. The van der Waals surface area contributed by atoms with Gasteiger partial charge in [-0.05, 0) is 30.9 Å². The van der Waals surface area contributed by atoms with Gasteiger partial charge in [0.25, 0.3) is 0 Å². The SMILES string of the molecule is CN1C(=O)CCCC1C(=O)NCCc1cccc2cccnc12. The summed E-state index contributed by atoms with van der Waals surface area (Å²) in [4.78, 5) is 30.0. The second-order valence-electron chi connectivity index (χ2n) is 5.95. The lowest BCUT2D eigenvalue weighted by atomic mass is 10.0. The second-order valence-corrected chi connectivity index (χ2v) is 5.95. The Morgan fingerprint density at radius 3 is 3.04 bits per heavy atom. The van der Waals surface area contributed by atoms with Crippen LogP contribution in [0, 0.1) is 0 Å². The van der Waals surface area contributed by atoms with Gasteiger partial charge in [0.2, 0.25) is 11.8 Å². The van der Waals surface area contributed by atoms with E-state index in [1.54, 1.807) is 18.1 Å². The number of carbonyl (C=O) groups excluding carboxylic acids is 2. The molecule has 2 aromatic rings. The number of nitrogens with zero attached hydrogens (tertiary/aromatic N) is 2. The van der Waals surface area contributed by atoms with Gasteiger partial charge in [0.1, 0.15) is 6.04 Å². The minimum Gasteiger partial charge on any atom is -0.354 e. The summed E-state index contributed by atoms with van der Waals surface area (Å²) in [5.41, 5.74) is 2.10. The summed E-state index contributed by atoms with van der Waals surface area (Å²) in [6, 6.07) is 9.71. The van der Waals surface area contributed by atoms with Crippen molar-refractivity contribution in [2.24, 2.45) is 0 Å². The number of hydrogen-bond donors (Lipinski definition) is 1. The summed E-state index contributed by atoms with van der Waals surface area (Å²) in [6.45, 7) is 0.549. The fourth-order valence-electron chi connectivity index (χ4n) is 3.10. The quantitative estimate of drug-likeness (QED) is 0.938. The van der Waals surface area contributed by atoms with Crippen molar-refractivity contribution in [2.75, 3.05) is 13.6 Å². The van der Waals surface area contributed by atoms with E-state index in [1.807, 2.05) is 30.3 Å². The number of carbonyl (C=O) groups is 2. The maximum atomic E-state index is 12.3. The third-order valence-electron chi connectivity index (χ3n) is 4.44. The van der Waals surface area contributed by atoms with Crippen molar-refractivity contribution in [2.45, 2.75) is 31.7 Å².